The standard InChI is InChI=1S/C13H13N3O3/c1-7-3-4-14-6-10(7)12-15-8(2)9(5-11(17)18)13(19)16-12/h3-4,6H,5H2,1-2H3,(H,17,18)(H,15,16,19). The first kappa shape index (κ1) is 12.9. The molecule has 2 aromatic heterocycles. The maximum atomic E-state index is 11.9. The van der Waals surface area contributed by atoms with Crippen molar-refractivity contribution in [1.82, 2.24) is 15.0 Å². The predicted molar refractivity (Wildman–Crippen MR) is 68.9 cm³/mol. The van der Waals surface area contributed by atoms with Crippen molar-refractivity contribution >= 4 is 5.97 Å². The number of aryl methyl sites for hydroxylation is 2. The van der Waals surface area contributed by atoms with Crippen LogP contribution in [0.4, 0.5) is 0 Å². The molecule has 0 aliphatic carbocycles. The van der Waals surface area contributed by atoms with Gasteiger partial charge in [-0.15, -0.1) is 0 Å². The molecule has 6 heteroatoms. The first-order valence-corrected chi connectivity index (χ1v) is 5.71. The van der Waals surface area contributed by atoms with Gasteiger partial charge >= 0.3 is 5.97 Å². The number of nitrogens with one attached hydrogen (secondary N) is 1. The Bertz CT molecular complexity index is 692. The highest BCUT2D eigenvalue weighted by Gasteiger charge is 2.13. The van der Waals surface area contributed by atoms with E-state index in [1.54, 1.807) is 19.3 Å². The van der Waals surface area contributed by atoms with E-state index in [2.05, 4.69) is 15.0 Å². The van der Waals surface area contributed by atoms with Crippen molar-refractivity contribution < 1.29 is 9.90 Å². The molecule has 0 aliphatic rings. The van der Waals surface area contributed by atoms with Crippen LogP contribution in [0.5, 0.6) is 0 Å². The second-order valence-electron chi connectivity index (χ2n) is 4.24. The molecule has 2 aromatic rings. The fourth-order valence-electron chi connectivity index (χ4n) is 1.81. The highest BCUT2D eigenvalue weighted by Crippen LogP contribution is 2.17. The van der Waals surface area contributed by atoms with Gasteiger partial charge in [0.15, 0.2) is 0 Å². The average molecular weight is 259 g/mol. The number of aliphatic carboxylic acids is 1. The first-order chi connectivity index (χ1) is 8.99. The minimum absolute atomic E-state index is 0.179. The van der Waals surface area contributed by atoms with Crippen LogP contribution in [0.1, 0.15) is 16.8 Å². The zero-order valence-corrected chi connectivity index (χ0v) is 10.6. The van der Waals surface area contributed by atoms with E-state index in [9.17, 15) is 9.59 Å². The maximum absolute atomic E-state index is 11.9. The third kappa shape index (κ3) is 2.67. The van der Waals surface area contributed by atoms with Crippen LogP contribution < -0.4 is 5.56 Å². The Labute approximate surface area is 109 Å². The van der Waals surface area contributed by atoms with Crippen molar-refractivity contribution in [3.63, 3.8) is 0 Å². The Morgan fingerprint density at radius 2 is 2.16 bits per heavy atom. The number of rotatable bonds is 3. The summed E-state index contributed by atoms with van der Waals surface area (Å²) in [7, 11) is 0. The van der Waals surface area contributed by atoms with E-state index < -0.39 is 11.5 Å². The molecular formula is C13H13N3O3. The molecule has 0 bridgehead atoms. The lowest BCUT2D eigenvalue weighted by atomic mass is 10.1. The van der Waals surface area contributed by atoms with Gasteiger partial charge in [-0.25, -0.2) is 4.98 Å². The fraction of sp³-hybridized carbons (Fsp3) is 0.231. The van der Waals surface area contributed by atoms with E-state index in [0.29, 0.717) is 11.5 Å². The monoisotopic (exact) mass is 259 g/mol. The van der Waals surface area contributed by atoms with E-state index >= 15 is 0 Å². The van der Waals surface area contributed by atoms with Crippen molar-refractivity contribution in [3.05, 3.63) is 45.6 Å². The van der Waals surface area contributed by atoms with Crippen molar-refractivity contribution in [2.45, 2.75) is 20.3 Å². The van der Waals surface area contributed by atoms with Crippen LogP contribution in [0.2, 0.25) is 0 Å². The molecule has 2 heterocycles. The van der Waals surface area contributed by atoms with Crippen LogP contribution in [-0.4, -0.2) is 26.0 Å². The van der Waals surface area contributed by atoms with Crippen LogP contribution in [0, 0.1) is 13.8 Å². The molecule has 0 unspecified atom stereocenters. The second-order valence-corrected chi connectivity index (χ2v) is 4.24. The molecule has 2 N–H and O–H groups in total. The van der Waals surface area contributed by atoms with Gasteiger partial charge in [0.1, 0.15) is 5.82 Å². The number of hydrogen-bond donors (Lipinski definition) is 2. The summed E-state index contributed by atoms with van der Waals surface area (Å²) < 4.78 is 0. The zero-order valence-electron chi connectivity index (χ0n) is 10.6. The number of hydrogen-bond acceptors (Lipinski definition) is 4. The molecule has 6 nitrogen and oxygen atoms in total. The van der Waals surface area contributed by atoms with Crippen LogP contribution >= 0.6 is 0 Å². The minimum Gasteiger partial charge on any atom is -0.481 e. The number of carboxylic acid groups (broad SMARTS) is 1. The lowest BCUT2D eigenvalue weighted by Gasteiger charge is -2.07. The van der Waals surface area contributed by atoms with E-state index in [-0.39, 0.29) is 12.0 Å². The SMILES string of the molecule is Cc1ccncc1-c1nc(C)c(CC(=O)O)c(=O)[nH]1. The zero-order chi connectivity index (χ0) is 14.0. The molecule has 98 valence electrons. The quantitative estimate of drug-likeness (QED) is 0.859. The Morgan fingerprint density at radius 1 is 1.42 bits per heavy atom. The number of pyridine rings is 1. The van der Waals surface area contributed by atoms with E-state index in [0.717, 1.165) is 11.1 Å². The third-order valence-electron chi connectivity index (χ3n) is 2.84. The highest BCUT2D eigenvalue weighted by molar-refractivity contribution is 5.70. The van der Waals surface area contributed by atoms with Gasteiger partial charge < -0.3 is 10.1 Å². The van der Waals surface area contributed by atoms with Crippen molar-refractivity contribution in [2.75, 3.05) is 0 Å². The summed E-state index contributed by atoms with van der Waals surface area (Å²) >= 11 is 0. The largest absolute Gasteiger partial charge is 0.481 e. The van der Waals surface area contributed by atoms with Crippen LogP contribution in [0.3, 0.4) is 0 Å². The van der Waals surface area contributed by atoms with Crippen LogP contribution in [0.25, 0.3) is 11.4 Å². The summed E-state index contributed by atoms with van der Waals surface area (Å²) in [6, 6.07) is 1.82. The number of aromatic amines is 1. The normalized spacial score (nSPS) is 10.4. The van der Waals surface area contributed by atoms with Crippen molar-refractivity contribution in [3.8, 4) is 11.4 Å². The molecule has 0 amide bonds. The third-order valence-corrected chi connectivity index (χ3v) is 2.84. The number of aromatic nitrogens is 3. The van der Waals surface area contributed by atoms with Crippen molar-refractivity contribution in [1.29, 1.82) is 0 Å². The molecule has 0 saturated carbocycles. The number of nitrogens with zero attached hydrogens (tertiary/aromatic N) is 2. The number of H-pyrrole nitrogens is 1. The smallest absolute Gasteiger partial charge is 0.308 e. The molecule has 0 spiro atoms. The van der Waals surface area contributed by atoms with Gasteiger partial charge in [0.05, 0.1) is 6.42 Å². The summed E-state index contributed by atoms with van der Waals surface area (Å²) in [5.41, 5.74) is 1.84. The molecule has 0 radical (unpaired) electrons. The topological polar surface area (TPSA) is 95.9 Å². The average Bonchev–Trinajstić information content (AvgIpc) is 2.34. The molecule has 0 fully saturated rings. The lowest BCUT2D eigenvalue weighted by Crippen LogP contribution is -2.20. The van der Waals surface area contributed by atoms with E-state index in [4.69, 9.17) is 5.11 Å². The lowest BCUT2D eigenvalue weighted by molar-refractivity contribution is -0.136. The van der Waals surface area contributed by atoms with Gasteiger partial charge in [-0.3, -0.25) is 14.6 Å². The van der Waals surface area contributed by atoms with Gasteiger partial charge in [-0.2, -0.15) is 0 Å². The summed E-state index contributed by atoms with van der Waals surface area (Å²) in [5.74, 6) is -0.650. The van der Waals surface area contributed by atoms with Crippen molar-refractivity contribution in [2.24, 2.45) is 0 Å². The Hall–Kier alpha value is -2.50. The summed E-state index contributed by atoms with van der Waals surface area (Å²) in [4.78, 5) is 33.5. The van der Waals surface area contributed by atoms with Gasteiger partial charge in [-0.1, -0.05) is 0 Å². The Morgan fingerprint density at radius 3 is 2.74 bits per heavy atom. The van der Waals surface area contributed by atoms with Gasteiger partial charge in [0, 0.05) is 29.2 Å². The Kier molecular flexibility index (Phi) is 3.41. The molecule has 0 aliphatic heterocycles. The van der Waals surface area contributed by atoms with Gasteiger partial charge in [0.2, 0.25) is 0 Å². The second kappa shape index (κ2) is 5.01. The molecule has 19 heavy (non-hydrogen) atoms. The summed E-state index contributed by atoms with van der Waals surface area (Å²) in [6.45, 7) is 3.51. The summed E-state index contributed by atoms with van der Waals surface area (Å²) in [5, 5.41) is 8.76. The number of carbonyl (C=O) groups is 1. The van der Waals surface area contributed by atoms with E-state index in [1.165, 1.54) is 0 Å². The van der Waals surface area contributed by atoms with Crippen LogP contribution in [-0.2, 0) is 11.2 Å². The molecule has 0 atom stereocenters. The van der Waals surface area contributed by atoms with Gasteiger partial charge in [-0.05, 0) is 25.5 Å². The van der Waals surface area contributed by atoms with Crippen LogP contribution in [0.15, 0.2) is 23.3 Å². The van der Waals surface area contributed by atoms with E-state index in [1.807, 2.05) is 13.0 Å². The van der Waals surface area contributed by atoms with Gasteiger partial charge in [0.25, 0.3) is 5.56 Å². The molecular weight excluding hydrogens is 246 g/mol. The predicted octanol–water partition coefficient (Wildman–Crippen LogP) is 1.08. The molecule has 0 aromatic carbocycles. The molecule has 2 rings (SSSR count). The number of carboxylic acids is 1. The molecule has 0 saturated heterocycles. The maximum Gasteiger partial charge on any atom is 0.308 e. The highest BCUT2D eigenvalue weighted by atomic mass is 16.4. The fourth-order valence-corrected chi connectivity index (χ4v) is 1.81. The summed E-state index contributed by atoms with van der Waals surface area (Å²) in [6.07, 6.45) is 2.94. The first-order valence-electron chi connectivity index (χ1n) is 5.71. The minimum atomic E-state index is -1.05. The Balaban J connectivity index is 2.55.